The lowest BCUT2D eigenvalue weighted by Gasteiger charge is -2.57. The standard InChI is InChI=1S/C21H31NO2/c1-14-3-4-20(5-15(14)2)24-13-19(23)12-22-21-9-16-6-17(10-21)8-18(7-16)11-21/h3-5,16-19,22-23H,6-13H2,1-2H3. The maximum Gasteiger partial charge on any atom is 0.119 e. The Hall–Kier alpha value is -1.06. The van der Waals surface area contributed by atoms with E-state index in [1.807, 2.05) is 6.07 Å². The molecule has 4 aliphatic carbocycles. The number of ether oxygens (including phenoxy) is 1. The number of aliphatic hydroxyl groups excluding tert-OH is 1. The van der Waals surface area contributed by atoms with Gasteiger partial charge < -0.3 is 15.2 Å². The molecule has 1 atom stereocenters. The van der Waals surface area contributed by atoms with Crippen LogP contribution < -0.4 is 10.1 Å². The average Bonchev–Trinajstić information content (AvgIpc) is 2.53. The smallest absolute Gasteiger partial charge is 0.119 e. The molecule has 1 aromatic rings. The Morgan fingerprint density at radius 3 is 2.29 bits per heavy atom. The molecule has 2 N–H and O–H groups in total. The van der Waals surface area contributed by atoms with Gasteiger partial charge in [0.05, 0.1) is 0 Å². The van der Waals surface area contributed by atoms with Crippen LogP contribution in [0.2, 0.25) is 0 Å². The van der Waals surface area contributed by atoms with Crippen molar-refractivity contribution in [3.63, 3.8) is 0 Å². The van der Waals surface area contributed by atoms with E-state index in [0.29, 0.717) is 18.7 Å². The molecule has 0 radical (unpaired) electrons. The van der Waals surface area contributed by atoms with Gasteiger partial charge in [0.2, 0.25) is 0 Å². The minimum absolute atomic E-state index is 0.316. The van der Waals surface area contributed by atoms with Gasteiger partial charge in [-0.1, -0.05) is 6.07 Å². The van der Waals surface area contributed by atoms with Crippen molar-refractivity contribution in [1.82, 2.24) is 5.32 Å². The van der Waals surface area contributed by atoms with Crippen LogP contribution in [0.5, 0.6) is 5.75 Å². The number of rotatable bonds is 6. The molecule has 0 heterocycles. The molecule has 4 aliphatic rings. The second kappa shape index (κ2) is 6.34. The molecule has 0 aliphatic heterocycles. The van der Waals surface area contributed by atoms with Crippen molar-refractivity contribution in [1.29, 1.82) is 0 Å². The maximum absolute atomic E-state index is 10.3. The lowest BCUT2D eigenvalue weighted by Crippen LogP contribution is -2.59. The first-order valence-corrected chi connectivity index (χ1v) is 9.64. The van der Waals surface area contributed by atoms with E-state index in [9.17, 15) is 5.11 Å². The van der Waals surface area contributed by atoms with Crippen molar-refractivity contribution in [3.05, 3.63) is 29.3 Å². The molecule has 4 fully saturated rings. The summed E-state index contributed by atoms with van der Waals surface area (Å²) in [5, 5.41) is 14.1. The molecule has 4 bridgehead atoms. The Kier molecular flexibility index (Phi) is 4.34. The number of β-amino-alcohol motifs (C(OH)–C–C–N with tert-alkyl or cyclic N) is 1. The molecule has 0 aromatic heterocycles. The molecule has 3 heteroatoms. The Balaban J connectivity index is 1.27. The Morgan fingerprint density at radius 1 is 1.08 bits per heavy atom. The van der Waals surface area contributed by atoms with Crippen molar-refractivity contribution in [2.45, 2.75) is 64.0 Å². The van der Waals surface area contributed by atoms with Gasteiger partial charge in [0.25, 0.3) is 0 Å². The van der Waals surface area contributed by atoms with Crippen LogP contribution in [0.3, 0.4) is 0 Å². The Bertz CT molecular complexity index is 562. The minimum atomic E-state index is -0.445. The number of benzene rings is 1. The largest absolute Gasteiger partial charge is 0.491 e. The van der Waals surface area contributed by atoms with Gasteiger partial charge in [-0.15, -0.1) is 0 Å². The lowest BCUT2D eigenvalue weighted by molar-refractivity contribution is -0.0266. The SMILES string of the molecule is Cc1ccc(OCC(O)CNC23CC4CC(CC(C4)C2)C3)cc1C. The highest BCUT2D eigenvalue weighted by atomic mass is 16.5. The second-order valence-electron chi connectivity index (χ2n) is 8.79. The number of hydrogen-bond donors (Lipinski definition) is 2. The predicted octanol–water partition coefficient (Wildman–Crippen LogP) is 3.60. The first-order chi connectivity index (χ1) is 11.5. The van der Waals surface area contributed by atoms with Crippen molar-refractivity contribution in [3.8, 4) is 5.75 Å². The highest BCUT2D eigenvalue weighted by Crippen LogP contribution is 2.55. The summed E-state index contributed by atoms with van der Waals surface area (Å²) in [6, 6.07) is 6.11. The minimum Gasteiger partial charge on any atom is -0.491 e. The van der Waals surface area contributed by atoms with Gasteiger partial charge >= 0.3 is 0 Å². The molecular formula is C21H31NO2. The zero-order chi connectivity index (χ0) is 16.7. The van der Waals surface area contributed by atoms with E-state index in [2.05, 4.69) is 31.3 Å². The number of nitrogens with one attached hydrogen (secondary N) is 1. The van der Waals surface area contributed by atoms with Crippen LogP contribution >= 0.6 is 0 Å². The quantitative estimate of drug-likeness (QED) is 0.838. The summed E-state index contributed by atoms with van der Waals surface area (Å²) < 4.78 is 5.79. The molecule has 5 rings (SSSR count). The fraction of sp³-hybridized carbons (Fsp3) is 0.714. The van der Waals surface area contributed by atoms with Gasteiger partial charge in [-0.2, -0.15) is 0 Å². The molecule has 0 amide bonds. The van der Waals surface area contributed by atoms with Crippen molar-refractivity contribution in [2.75, 3.05) is 13.2 Å². The van der Waals surface area contributed by atoms with Crippen molar-refractivity contribution < 1.29 is 9.84 Å². The van der Waals surface area contributed by atoms with E-state index in [1.165, 1.54) is 49.7 Å². The predicted molar refractivity (Wildman–Crippen MR) is 96.3 cm³/mol. The fourth-order valence-electron chi connectivity index (χ4n) is 5.72. The van der Waals surface area contributed by atoms with Crippen LogP contribution in [0.15, 0.2) is 18.2 Å². The first kappa shape index (κ1) is 16.4. The van der Waals surface area contributed by atoms with Crippen LogP contribution in [0.1, 0.15) is 49.7 Å². The third-order valence-electron chi connectivity index (χ3n) is 6.67. The molecule has 4 saturated carbocycles. The van der Waals surface area contributed by atoms with Gasteiger partial charge in [-0.3, -0.25) is 0 Å². The van der Waals surface area contributed by atoms with Gasteiger partial charge in [0.1, 0.15) is 18.5 Å². The summed E-state index contributed by atoms with van der Waals surface area (Å²) in [4.78, 5) is 0. The average molecular weight is 329 g/mol. The van der Waals surface area contributed by atoms with Crippen molar-refractivity contribution in [2.24, 2.45) is 17.8 Å². The summed E-state index contributed by atoms with van der Waals surface area (Å²) in [7, 11) is 0. The summed E-state index contributed by atoms with van der Waals surface area (Å²) in [6.45, 7) is 5.20. The molecule has 1 unspecified atom stereocenters. The molecular weight excluding hydrogens is 298 g/mol. The zero-order valence-corrected chi connectivity index (χ0v) is 15.1. The molecule has 1 aromatic carbocycles. The van der Waals surface area contributed by atoms with E-state index in [0.717, 1.165) is 23.5 Å². The number of hydrogen-bond acceptors (Lipinski definition) is 3. The van der Waals surface area contributed by atoms with Crippen LogP contribution in [0.25, 0.3) is 0 Å². The highest BCUT2D eigenvalue weighted by molar-refractivity contribution is 5.33. The number of aliphatic hydroxyl groups is 1. The van der Waals surface area contributed by atoms with E-state index in [4.69, 9.17) is 4.74 Å². The lowest BCUT2D eigenvalue weighted by atomic mass is 9.53. The van der Waals surface area contributed by atoms with E-state index < -0.39 is 6.10 Å². The number of aryl methyl sites for hydroxylation is 2. The topological polar surface area (TPSA) is 41.5 Å². The Morgan fingerprint density at radius 2 is 1.71 bits per heavy atom. The van der Waals surface area contributed by atoms with E-state index >= 15 is 0 Å². The van der Waals surface area contributed by atoms with Gasteiger partial charge in [0.15, 0.2) is 0 Å². The maximum atomic E-state index is 10.3. The normalized spacial score (nSPS) is 35.2. The van der Waals surface area contributed by atoms with Crippen LogP contribution in [-0.2, 0) is 0 Å². The van der Waals surface area contributed by atoms with E-state index in [-0.39, 0.29) is 0 Å². The van der Waals surface area contributed by atoms with Gasteiger partial charge in [0, 0.05) is 12.1 Å². The van der Waals surface area contributed by atoms with Gasteiger partial charge in [-0.05, 0) is 93.4 Å². The highest BCUT2D eigenvalue weighted by Gasteiger charge is 2.50. The third kappa shape index (κ3) is 3.34. The Labute approximate surface area is 145 Å². The van der Waals surface area contributed by atoms with Gasteiger partial charge in [-0.25, -0.2) is 0 Å². The van der Waals surface area contributed by atoms with Crippen molar-refractivity contribution >= 4 is 0 Å². The van der Waals surface area contributed by atoms with Crippen LogP contribution in [0.4, 0.5) is 0 Å². The van der Waals surface area contributed by atoms with Crippen LogP contribution in [0, 0.1) is 31.6 Å². The summed E-state index contributed by atoms with van der Waals surface area (Å²) >= 11 is 0. The van der Waals surface area contributed by atoms with E-state index in [1.54, 1.807) is 0 Å². The third-order valence-corrected chi connectivity index (χ3v) is 6.67. The molecule has 0 spiro atoms. The molecule has 132 valence electrons. The van der Waals surface area contributed by atoms with Crippen LogP contribution in [-0.4, -0.2) is 29.9 Å². The first-order valence-electron chi connectivity index (χ1n) is 9.64. The summed E-state index contributed by atoms with van der Waals surface area (Å²) in [5.41, 5.74) is 2.82. The molecule has 3 nitrogen and oxygen atoms in total. The summed E-state index contributed by atoms with van der Waals surface area (Å²) in [5.74, 6) is 3.67. The monoisotopic (exact) mass is 329 g/mol. The molecule has 24 heavy (non-hydrogen) atoms. The molecule has 0 saturated heterocycles. The second-order valence-corrected chi connectivity index (χ2v) is 8.79. The zero-order valence-electron chi connectivity index (χ0n) is 15.1. The summed E-state index contributed by atoms with van der Waals surface area (Å²) in [6.07, 6.45) is 7.90. The fourth-order valence-corrected chi connectivity index (χ4v) is 5.72.